The molecule has 0 aromatic rings. The van der Waals surface area contributed by atoms with Gasteiger partial charge in [-0.1, -0.05) is 6.42 Å². The molecule has 7 nitrogen and oxygen atoms in total. The van der Waals surface area contributed by atoms with Crippen molar-refractivity contribution in [3.05, 3.63) is 0 Å². The predicted molar refractivity (Wildman–Crippen MR) is 117 cm³/mol. The number of amides is 2. The van der Waals surface area contributed by atoms with Crippen LogP contribution in [-0.4, -0.2) is 67.6 Å². The molecule has 2 amide bonds. The third-order valence-corrected chi connectivity index (χ3v) is 4.38. The minimum atomic E-state index is -4.44. The van der Waals surface area contributed by atoms with Crippen LogP contribution in [0.1, 0.15) is 46.5 Å². The minimum Gasteiger partial charge on any atom is -0.357 e. The van der Waals surface area contributed by atoms with Gasteiger partial charge in [-0.05, 0) is 40.0 Å². The molecule has 0 heterocycles. The van der Waals surface area contributed by atoms with Crippen molar-refractivity contribution in [2.75, 3.05) is 26.7 Å². The third-order valence-electron chi connectivity index (χ3n) is 4.38. The van der Waals surface area contributed by atoms with Crippen LogP contribution >= 0.6 is 24.0 Å². The molecule has 1 saturated carbocycles. The molecule has 1 aliphatic rings. The van der Waals surface area contributed by atoms with Crippen LogP contribution in [0.15, 0.2) is 4.99 Å². The van der Waals surface area contributed by atoms with Gasteiger partial charge in [-0.25, -0.2) is 4.99 Å². The molecule has 2 atom stereocenters. The van der Waals surface area contributed by atoms with Crippen molar-refractivity contribution in [3.63, 3.8) is 0 Å². The number of likely N-dealkylation sites (N-methyl/N-ethyl adjacent to an activating group) is 1. The van der Waals surface area contributed by atoms with Crippen molar-refractivity contribution in [1.82, 2.24) is 20.9 Å². The number of nitrogens with one attached hydrogen (secondary N) is 3. The van der Waals surface area contributed by atoms with E-state index in [9.17, 15) is 22.8 Å². The van der Waals surface area contributed by atoms with E-state index in [0.717, 1.165) is 26.3 Å². The van der Waals surface area contributed by atoms with Gasteiger partial charge in [0.2, 0.25) is 11.8 Å². The van der Waals surface area contributed by atoms with E-state index in [-0.39, 0.29) is 54.4 Å². The van der Waals surface area contributed by atoms with E-state index >= 15 is 0 Å². The summed E-state index contributed by atoms with van der Waals surface area (Å²) in [5.41, 5.74) is 0. The maximum Gasteiger partial charge on any atom is 0.406 e. The van der Waals surface area contributed by atoms with Crippen LogP contribution < -0.4 is 16.0 Å². The van der Waals surface area contributed by atoms with Crippen molar-refractivity contribution in [3.8, 4) is 0 Å². The Bertz CT molecular complexity index is 558. The number of nitrogens with zero attached hydrogens (tertiary/aromatic N) is 2. The number of halogens is 4. The first-order valence-corrected chi connectivity index (χ1v) is 9.67. The van der Waals surface area contributed by atoms with Gasteiger partial charge < -0.3 is 20.9 Å². The van der Waals surface area contributed by atoms with E-state index in [1.807, 2.05) is 20.8 Å². The Morgan fingerprint density at radius 2 is 1.90 bits per heavy atom. The standard InChI is InChI=1S/C18H32F3N5O2.HI/c1-5-22-17(23-10-15(27)26(4)11-18(19,20)21)25-14-8-6-7-13(9-14)16(28)24-12(2)3;/h12-14H,5-11H2,1-4H3,(H,24,28)(H2,22,23,25);1H. The monoisotopic (exact) mass is 535 g/mol. The zero-order valence-corrected chi connectivity index (χ0v) is 19.8. The van der Waals surface area contributed by atoms with Gasteiger partial charge in [-0.15, -0.1) is 24.0 Å². The Balaban J connectivity index is 0.00000784. The molecule has 170 valence electrons. The second kappa shape index (κ2) is 13.1. The van der Waals surface area contributed by atoms with Gasteiger partial charge in [0, 0.05) is 31.6 Å². The summed E-state index contributed by atoms with van der Waals surface area (Å²) in [6.07, 6.45) is -1.22. The van der Waals surface area contributed by atoms with Crippen LogP contribution in [0.2, 0.25) is 0 Å². The van der Waals surface area contributed by atoms with E-state index < -0.39 is 18.6 Å². The fraction of sp³-hybridized carbons (Fsp3) is 0.833. The molecule has 2 unspecified atom stereocenters. The van der Waals surface area contributed by atoms with Gasteiger partial charge in [0.05, 0.1) is 0 Å². The van der Waals surface area contributed by atoms with Gasteiger partial charge in [0.1, 0.15) is 13.1 Å². The highest BCUT2D eigenvalue weighted by atomic mass is 127. The Morgan fingerprint density at radius 3 is 2.45 bits per heavy atom. The smallest absolute Gasteiger partial charge is 0.357 e. The molecule has 0 bridgehead atoms. The van der Waals surface area contributed by atoms with Gasteiger partial charge >= 0.3 is 6.18 Å². The van der Waals surface area contributed by atoms with E-state index in [4.69, 9.17) is 0 Å². The highest BCUT2D eigenvalue weighted by molar-refractivity contribution is 14.0. The average molecular weight is 535 g/mol. The van der Waals surface area contributed by atoms with Crippen LogP contribution in [0.5, 0.6) is 0 Å². The zero-order valence-electron chi connectivity index (χ0n) is 17.4. The maximum absolute atomic E-state index is 12.4. The summed E-state index contributed by atoms with van der Waals surface area (Å²) < 4.78 is 37.2. The first-order valence-electron chi connectivity index (χ1n) is 9.67. The van der Waals surface area contributed by atoms with Crippen molar-refractivity contribution >= 4 is 41.8 Å². The molecule has 1 rings (SSSR count). The Hall–Kier alpha value is -1.27. The van der Waals surface area contributed by atoms with Crippen molar-refractivity contribution < 1.29 is 22.8 Å². The molecular formula is C18H33F3IN5O2. The summed E-state index contributed by atoms with van der Waals surface area (Å²) in [5, 5.41) is 9.13. The normalized spacial score (nSPS) is 19.9. The lowest BCUT2D eigenvalue weighted by Gasteiger charge is -2.30. The number of hydrogen-bond donors (Lipinski definition) is 3. The molecular weight excluding hydrogens is 502 g/mol. The Morgan fingerprint density at radius 1 is 1.24 bits per heavy atom. The summed E-state index contributed by atoms with van der Waals surface area (Å²) in [6.45, 7) is 4.54. The summed E-state index contributed by atoms with van der Waals surface area (Å²) in [5.74, 6) is -0.401. The van der Waals surface area contributed by atoms with Crippen LogP contribution in [0, 0.1) is 5.92 Å². The van der Waals surface area contributed by atoms with E-state index in [1.54, 1.807) is 0 Å². The number of carbonyl (C=O) groups is 2. The van der Waals surface area contributed by atoms with Crippen molar-refractivity contribution in [1.29, 1.82) is 0 Å². The Labute approximate surface area is 187 Å². The van der Waals surface area contributed by atoms with E-state index in [0.29, 0.717) is 23.8 Å². The van der Waals surface area contributed by atoms with Crippen molar-refractivity contribution in [2.24, 2.45) is 10.9 Å². The van der Waals surface area contributed by atoms with Gasteiger partial charge in [-0.3, -0.25) is 9.59 Å². The highest BCUT2D eigenvalue weighted by Crippen LogP contribution is 2.24. The Kier molecular flexibility index (Phi) is 12.5. The maximum atomic E-state index is 12.4. The molecule has 29 heavy (non-hydrogen) atoms. The quantitative estimate of drug-likeness (QED) is 0.265. The summed E-state index contributed by atoms with van der Waals surface area (Å²) >= 11 is 0. The van der Waals surface area contributed by atoms with Gasteiger partial charge in [0.25, 0.3) is 0 Å². The number of hydrogen-bond acceptors (Lipinski definition) is 3. The SMILES string of the molecule is CCNC(=NCC(=O)N(C)CC(F)(F)F)NC1CCCC(C(=O)NC(C)C)C1.I. The van der Waals surface area contributed by atoms with Crippen LogP contribution in [0.3, 0.4) is 0 Å². The van der Waals surface area contributed by atoms with Gasteiger partial charge in [0.15, 0.2) is 5.96 Å². The second-order valence-corrected chi connectivity index (χ2v) is 7.43. The fourth-order valence-corrected chi connectivity index (χ4v) is 3.10. The highest BCUT2D eigenvalue weighted by Gasteiger charge is 2.31. The third kappa shape index (κ3) is 11.5. The zero-order chi connectivity index (χ0) is 21.3. The first kappa shape index (κ1) is 27.7. The predicted octanol–water partition coefficient (Wildman–Crippen LogP) is 2.26. The summed E-state index contributed by atoms with van der Waals surface area (Å²) in [4.78, 5) is 28.8. The van der Waals surface area contributed by atoms with Crippen molar-refractivity contribution in [2.45, 2.75) is 64.7 Å². The molecule has 0 saturated heterocycles. The molecule has 0 aliphatic heterocycles. The molecule has 0 aromatic heterocycles. The number of guanidine groups is 1. The topological polar surface area (TPSA) is 85.8 Å². The average Bonchev–Trinajstić information content (AvgIpc) is 2.57. The lowest BCUT2D eigenvalue weighted by atomic mass is 9.85. The van der Waals surface area contributed by atoms with Gasteiger partial charge in [-0.2, -0.15) is 13.2 Å². The molecule has 3 N–H and O–H groups in total. The fourth-order valence-electron chi connectivity index (χ4n) is 3.10. The summed E-state index contributed by atoms with van der Waals surface area (Å²) in [7, 11) is 1.10. The molecule has 1 fully saturated rings. The van der Waals surface area contributed by atoms with E-state index in [2.05, 4.69) is 20.9 Å². The molecule has 0 spiro atoms. The number of carbonyl (C=O) groups excluding carboxylic acids is 2. The number of rotatable bonds is 7. The van der Waals surface area contributed by atoms with Crippen LogP contribution in [0.25, 0.3) is 0 Å². The van der Waals surface area contributed by atoms with Crippen LogP contribution in [0.4, 0.5) is 13.2 Å². The second-order valence-electron chi connectivity index (χ2n) is 7.43. The first-order chi connectivity index (χ1) is 13.0. The molecule has 1 aliphatic carbocycles. The summed E-state index contributed by atoms with van der Waals surface area (Å²) in [6, 6.07) is 0.0943. The lowest BCUT2D eigenvalue weighted by Crippen LogP contribution is -2.48. The van der Waals surface area contributed by atoms with Crippen LogP contribution in [-0.2, 0) is 9.59 Å². The molecule has 0 radical (unpaired) electrons. The minimum absolute atomic E-state index is 0. The largest absolute Gasteiger partial charge is 0.406 e. The number of alkyl halides is 3. The molecule has 0 aromatic carbocycles. The van der Waals surface area contributed by atoms with E-state index in [1.165, 1.54) is 0 Å². The molecule has 11 heteroatoms. The number of aliphatic imine (C=N–C) groups is 1. The lowest BCUT2D eigenvalue weighted by molar-refractivity contribution is -0.157.